The van der Waals surface area contributed by atoms with Crippen molar-refractivity contribution >= 4 is 12.3 Å². The molecule has 0 aromatic carbocycles. The van der Waals surface area contributed by atoms with E-state index in [1.54, 1.807) is 4.90 Å². The highest BCUT2D eigenvalue weighted by molar-refractivity contribution is 5.72. The van der Waals surface area contributed by atoms with Gasteiger partial charge in [0.1, 0.15) is 6.29 Å². The molecule has 2 N–H and O–H groups in total. The Morgan fingerprint density at radius 2 is 2.08 bits per heavy atom. The number of nitrogens with zero attached hydrogens (tertiary/aromatic N) is 1. The second-order valence-electron chi connectivity index (χ2n) is 3.17. The highest BCUT2D eigenvalue weighted by Gasteiger charge is 2.20. The lowest BCUT2D eigenvalue weighted by Crippen LogP contribution is -2.41. The van der Waals surface area contributed by atoms with Crippen LogP contribution in [0.2, 0.25) is 0 Å². The Labute approximate surface area is 71.7 Å². The lowest BCUT2D eigenvalue weighted by Gasteiger charge is -2.29. The van der Waals surface area contributed by atoms with Crippen LogP contribution in [0.1, 0.15) is 19.3 Å². The summed E-state index contributed by atoms with van der Waals surface area (Å²) >= 11 is 0. The molecular formula is C8H14N2O2. The first-order chi connectivity index (χ1) is 5.74. The normalized spacial score (nSPS) is 19.2. The van der Waals surface area contributed by atoms with Crippen LogP contribution in [0, 0.1) is 5.92 Å². The van der Waals surface area contributed by atoms with E-state index in [1.807, 2.05) is 0 Å². The summed E-state index contributed by atoms with van der Waals surface area (Å²) in [6.45, 7) is 1.40. The van der Waals surface area contributed by atoms with E-state index in [4.69, 9.17) is 5.73 Å². The number of urea groups is 1. The molecule has 68 valence electrons. The Morgan fingerprint density at radius 1 is 1.50 bits per heavy atom. The van der Waals surface area contributed by atoms with Crippen LogP contribution in [-0.4, -0.2) is 30.3 Å². The molecule has 1 aliphatic rings. The van der Waals surface area contributed by atoms with Crippen molar-refractivity contribution in [1.29, 1.82) is 0 Å². The van der Waals surface area contributed by atoms with Gasteiger partial charge in [0.05, 0.1) is 0 Å². The molecule has 0 unspecified atom stereocenters. The molecule has 1 saturated heterocycles. The first-order valence-corrected chi connectivity index (χ1v) is 4.22. The van der Waals surface area contributed by atoms with Gasteiger partial charge in [0, 0.05) is 19.5 Å². The molecule has 0 atom stereocenters. The second kappa shape index (κ2) is 4.09. The molecule has 12 heavy (non-hydrogen) atoms. The minimum absolute atomic E-state index is 0.348. The summed E-state index contributed by atoms with van der Waals surface area (Å²) in [7, 11) is 0. The Morgan fingerprint density at radius 3 is 2.50 bits per heavy atom. The van der Waals surface area contributed by atoms with Crippen LogP contribution < -0.4 is 5.73 Å². The molecule has 0 aromatic heterocycles. The van der Waals surface area contributed by atoms with Crippen LogP contribution in [0.5, 0.6) is 0 Å². The molecule has 1 fully saturated rings. The maximum absolute atomic E-state index is 10.7. The largest absolute Gasteiger partial charge is 0.351 e. The predicted octanol–water partition coefficient (Wildman–Crippen LogP) is 0.366. The summed E-state index contributed by atoms with van der Waals surface area (Å²) in [5.41, 5.74) is 5.10. The van der Waals surface area contributed by atoms with Crippen molar-refractivity contribution in [2.75, 3.05) is 13.1 Å². The van der Waals surface area contributed by atoms with Crippen molar-refractivity contribution in [3.8, 4) is 0 Å². The average molecular weight is 170 g/mol. The van der Waals surface area contributed by atoms with Gasteiger partial charge in [-0.1, -0.05) is 0 Å². The summed E-state index contributed by atoms with van der Waals surface area (Å²) in [6, 6.07) is -0.348. The average Bonchev–Trinajstić information content (AvgIpc) is 2.06. The molecule has 1 aliphatic heterocycles. The third kappa shape index (κ3) is 2.22. The van der Waals surface area contributed by atoms with Gasteiger partial charge >= 0.3 is 6.03 Å². The zero-order chi connectivity index (χ0) is 8.97. The predicted molar refractivity (Wildman–Crippen MR) is 44.6 cm³/mol. The number of carbonyl (C=O) groups excluding carboxylic acids is 2. The molecule has 0 bridgehead atoms. The maximum Gasteiger partial charge on any atom is 0.314 e. The zero-order valence-corrected chi connectivity index (χ0v) is 7.03. The number of rotatable bonds is 2. The number of likely N-dealkylation sites (tertiary alicyclic amines) is 1. The molecule has 0 aliphatic carbocycles. The van der Waals surface area contributed by atoms with Crippen LogP contribution in [0.4, 0.5) is 4.79 Å². The number of piperidine rings is 1. The van der Waals surface area contributed by atoms with E-state index < -0.39 is 0 Å². The van der Waals surface area contributed by atoms with Crippen molar-refractivity contribution in [1.82, 2.24) is 4.90 Å². The van der Waals surface area contributed by atoms with Gasteiger partial charge in [-0.3, -0.25) is 0 Å². The highest BCUT2D eigenvalue weighted by atomic mass is 16.2. The van der Waals surface area contributed by atoms with Crippen molar-refractivity contribution in [2.24, 2.45) is 11.7 Å². The van der Waals surface area contributed by atoms with Crippen LogP contribution in [-0.2, 0) is 4.79 Å². The number of hydrogen-bond acceptors (Lipinski definition) is 2. The van der Waals surface area contributed by atoms with Gasteiger partial charge < -0.3 is 15.4 Å². The summed E-state index contributed by atoms with van der Waals surface area (Å²) in [5, 5.41) is 0. The smallest absolute Gasteiger partial charge is 0.314 e. The Hall–Kier alpha value is -1.06. The van der Waals surface area contributed by atoms with Gasteiger partial charge in [-0.05, 0) is 18.8 Å². The first kappa shape index (κ1) is 9.03. The molecule has 0 saturated carbocycles. The molecule has 4 heteroatoms. The van der Waals surface area contributed by atoms with Gasteiger partial charge in [0.25, 0.3) is 0 Å². The minimum atomic E-state index is -0.348. The molecular weight excluding hydrogens is 156 g/mol. The third-order valence-corrected chi connectivity index (χ3v) is 2.36. The Kier molecular flexibility index (Phi) is 3.08. The van der Waals surface area contributed by atoms with E-state index in [1.165, 1.54) is 0 Å². The molecule has 0 radical (unpaired) electrons. The number of nitrogens with two attached hydrogens (primary N) is 1. The van der Waals surface area contributed by atoms with Crippen LogP contribution in [0.15, 0.2) is 0 Å². The molecule has 1 rings (SSSR count). The number of primary amides is 1. The monoisotopic (exact) mass is 170 g/mol. The van der Waals surface area contributed by atoms with Crippen molar-refractivity contribution in [3.63, 3.8) is 0 Å². The molecule has 0 spiro atoms. The second-order valence-corrected chi connectivity index (χ2v) is 3.17. The summed E-state index contributed by atoms with van der Waals surface area (Å²) in [5.74, 6) is 0.457. The van der Waals surface area contributed by atoms with E-state index >= 15 is 0 Å². The van der Waals surface area contributed by atoms with Crippen LogP contribution >= 0.6 is 0 Å². The van der Waals surface area contributed by atoms with Crippen LogP contribution in [0.3, 0.4) is 0 Å². The van der Waals surface area contributed by atoms with Gasteiger partial charge in [0.15, 0.2) is 0 Å². The summed E-state index contributed by atoms with van der Waals surface area (Å²) < 4.78 is 0. The van der Waals surface area contributed by atoms with Crippen molar-refractivity contribution in [2.45, 2.75) is 19.3 Å². The van der Waals surface area contributed by atoms with E-state index in [-0.39, 0.29) is 6.03 Å². The van der Waals surface area contributed by atoms with E-state index in [0.717, 1.165) is 19.1 Å². The highest BCUT2D eigenvalue weighted by Crippen LogP contribution is 2.18. The third-order valence-electron chi connectivity index (χ3n) is 2.36. The first-order valence-electron chi connectivity index (χ1n) is 4.22. The van der Waals surface area contributed by atoms with Gasteiger partial charge in [-0.15, -0.1) is 0 Å². The Bertz CT molecular complexity index is 174. The lowest BCUT2D eigenvalue weighted by molar-refractivity contribution is -0.108. The van der Waals surface area contributed by atoms with E-state index in [2.05, 4.69) is 0 Å². The molecule has 1 heterocycles. The topological polar surface area (TPSA) is 63.4 Å². The standard InChI is InChI=1S/C8H14N2O2/c9-8(12)10-4-1-7(2-5-10)3-6-11/h6-7H,1-5H2,(H2,9,12). The van der Waals surface area contributed by atoms with Crippen LogP contribution in [0.25, 0.3) is 0 Å². The fourth-order valence-corrected chi connectivity index (χ4v) is 1.53. The molecule has 4 nitrogen and oxygen atoms in total. The fourth-order valence-electron chi connectivity index (χ4n) is 1.53. The Balaban J connectivity index is 2.29. The SMILES string of the molecule is NC(=O)N1CCC(CC=O)CC1. The molecule has 0 aromatic rings. The zero-order valence-electron chi connectivity index (χ0n) is 7.03. The fraction of sp³-hybridized carbons (Fsp3) is 0.750. The maximum atomic E-state index is 10.7. The van der Waals surface area contributed by atoms with Crippen molar-refractivity contribution < 1.29 is 9.59 Å². The quantitative estimate of drug-likeness (QED) is 0.608. The van der Waals surface area contributed by atoms with E-state index in [0.29, 0.717) is 25.4 Å². The summed E-state index contributed by atoms with van der Waals surface area (Å²) in [4.78, 5) is 22.5. The lowest BCUT2D eigenvalue weighted by atomic mass is 9.94. The van der Waals surface area contributed by atoms with Gasteiger partial charge in [-0.25, -0.2) is 4.79 Å². The van der Waals surface area contributed by atoms with Gasteiger partial charge in [0.2, 0.25) is 0 Å². The van der Waals surface area contributed by atoms with E-state index in [9.17, 15) is 9.59 Å². The number of carbonyl (C=O) groups is 2. The number of aldehydes is 1. The van der Waals surface area contributed by atoms with Crippen molar-refractivity contribution in [3.05, 3.63) is 0 Å². The number of hydrogen-bond donors (Lipinski definition) is 1. The number of amides is 2. The summed E-state index contributed by atoms with van der Waals surface area (Å²) in [6.07, 6.45) is 3.38. The minimum Gasteiger partial charge on any atom is -0.351 e. The molecule has 2 amide bonds. The van der Waals surface area contributed by atoms with Gasteiger partial charge in [-0.2, -0.15) is 0 Å².